The summed E-state index contributed by atoms with van der Waals surface area (Å²) >= 11 is 0. The van der Waals surface area contributed by atoms with Crippen LogP contribution in [0.25, 0.3) is 0 Å². The third kappa shape index (κ3) is 3.37. The van der Waals surface area contributed by atoms with E-state index in [4.69, 9.17) is 5.73 Å². The second-order valence-electron chi connectivity index (χ2n) is 5.26. The number of carbonyl (C=O) groups excluding carboxylic acids is 1. The highest BCUT2D eigenvalue weighted by Gasteiger charge is 2.46. The van der Waals surface area contributed by atoms with E-state index < -0.39 is 24.0 Å². The van der Waals surface area contributed by atoms with Gasteiger partial charge in [-0.15, -0.1) is 0 Å². The van der Waals surface area contributed by atoms with Gasteiger partial charge in [0.2, 0.25) is 5.91 Å². The molecule has 0 spiro atoms. The van der Waals surface area contributed by atoms with Crippen molar-refractivity contribution in [1.29, 1.82) is 0 Å². The molecule has 0 heterocycles. The van der Waals surface area contributed by atoms with Gasteiger partial charge in [0.1, 0.15) is 6.54 Å². The van der Waals surface area contributed by atoms with Crippen LogP contribution in [-0.4, -0.2) is 36.1 Å². The lowest BCUT2D eigenvalue weighted by Gasteiger charge is -2.34. The molecule has 0 bridgehead atoms. The SMILES string of the molecule is CCCN(CC(F)(F)F)C(=O)C1(C)CCCC1N. The molecule has 1 fully saturated rings. The maximum atomic E-state index is 12.5. The van der Waals surface area contributed by atoms with Crippen LogP contribution in [0.2, 0.25) is 0 Å². The molecule has 1 aliphatic rings. The van der Waals surface area contributed by atoms with Gasteiger partial charge >= 0.3 is 6.18 Å². The summed E-state index contributed by atoms with van der Waals surface area (Å²) in [6.07, 6.45) is -1.77. The number of nitrogens with two attached hydrogens (primary N) is 1. The zero-order valence-corrected chi connectivity index (χ0v) is 10.9. The van der Waals surface area contributed by atoms with Gasteiger partial charge in [-0.05, 0) is 26.2 Å². The molecule has 0 aromatic heterocycles. The predicted octanol–water partition coefficient (Wildman–Crippen LogP) is 2.30. The van der Waals surface area contributed by atoms with Crippen molar-refractivity contribution in [2.75, 3.05) is 13.1 Å². The predicted molar refractivity (Wildman–Crippen MR) is 62.9 cm³/mol. The molecule has 6 heteroatoms. The Bertz CT molecular complexity index is 306. The van der Waals surface area contributed by atoms with E-state index in [2.05, 4.69) is 0 Å². The quantitative estimate of drug-likeness (QED) is 0.848. The van der Waals surface area contributed by atoms with Crippen molar-refractivity contribution in [3.63, 3.8) is 0 Å². The summed E-state index contributed by atoms with van der Waals surface area (Å²) in [6.45, 7) is 2.39. The summed E-state index contributed by atoms with van der Waals surface area (Å²) in [5, 5.41) is 0. The maximum absolute atomic E-state index is 12.5. The van der Waals surface area contributed by atoms with Gasteiger partial charge in [-0.1, -0.05) is 13.3 Å². The highest BCUT2D eigenvalue weighted by molar-refractivity contribution is 5.83. The molecule has 106 valence electrons. The maximum Gasteiger partial charge on any atom is 0.406 e. The van der Waals surface area contributed by atoms with E-state index in [-0.39, 0.29) is 12.6 Å². The van der Waals surface area contributed by atoms with Gasteiger partial charge in [0.15, 0.2) is 0 Å². The first-order chi connectivity index (χ1) is 8.20. The molecular formula is C12H21F3N2O. The van der Waals surface area contributed by atoms with Crippen molar-refractivity contribution < 1.29 is 18.0 Å². The number of alkyl halides is 3. The molecule has 1 aliphatic carbocycles. The number of nitrogens with zero attached hydrogens (tertiary/aromatic N) is 1. The van der Waals surface area contributed by atoms with Gasteiger partial charge in [0.05, 0.1) is 5.41 Å². The topological polar surface area (TPSA) is 46.3 Å². The molecule has 1 rings (SSSR count). The highest BCUT2D eigenvalue weighted by Crippen LogP contribution is 2.38. The molecule has 0 saturated heterocycles. The first-order valence-corrected chi connectivity index (χ1v) is 6.32. The van der Waals surface area contributed by atoms with E-state index in [0.29, 0.717) is 19.3 Å². The Morgan fingerprint density at radius 1 is 1.50 bits per heavy atom. The average Bonchev–Trinajstić information content (AvgIpc) is 2.57. The van der Waals surface area contributed by atoms with Crippen LogP contribution in [0.15, 0.2) is 0 Å². The number of carbonyl (C=O) groups is 1. The van der Waals surface area contributed by atoms with Crippen molar-refractivity contribution in [3.8, 4) is 0 Å². The summed E-state index contributed by atoms with van der Waals surface area (Å²) < 4.78 is 37.4. The van der Waals surface area contributed by atoms with Crippen LogP contribution >= 0.6 is 0 Å². The Balaban J connectivity index is 2.82. The fraction of sp³-hybridized carbons (Fsp3) is 0.917. The second-order valence-corrected chi connectivity index (χ2v) is 5.26. The largest absolute Gasteiger partial charge is 0.406 e. The molecule has 0 aromatic rings. The summed E-state index contributed by atoms with van der Waals surface area (Å²) in [5.41, 5.74) is 5.05. The molecule has 1 amide bonds. The fourth-order valence-electron chi connectivity index (χ4n) is 2.56. The Morgan fingerprint density at radius 3 is 2.50 bits per heavy atom. The van der Waals surface area contributed by atoms with E-state index in [1.54, 1.807) is 13.8 Å². The molecule has 1 saturated carbocycles. The summed E-state index contributed by atoms with van der Waals surface area (Å²) in [6, 6.07) is -0.336. The van der Waals surface area contributed by atoms with E-state index >= 15 is 0 Å². The van der Waals surface area contributed by atoms with Crippen molar-refractivity contribution in [2.24, 2.45) is 11.1 Å². The third-order valence-electron chi connectivity index (χ3n) is 3.67. The summed E-state index contributed by atoms with van der Waals surface area (Å²) in [4.78, 5) is 13.2. The zero-order valence-electron chi connectivity index (χ0n) is 10.9. The Morgan fingerprint density at radius 2 is 2.11 bits per heavy atom. The summed E-state index contributed by atoms with van der Waals surface area (Å²) in [5.74, 6) is -0.452. The average molecular weight is 266 g/mol. The van der Waals surface area contributed by atoms with Crippen LogP contribution < -0.4 is 5.73 Å². The molecule has 2 N–H and O–H groups in total. The lowest BCUT2D eigenvalue weighted by molar-refractivity contribution is -0.167. The van der Waals surface area contributed by atoms with Crippen LogP contribution in [0.5, 0.6) is 0 Å². The van der Waals surface area contributed by atoms with Crippen LogP contribution in [-0.2, 0) is 4.79 Å². The lowest BCUT2D eigenvalue weighted by atomic mass is 9.83. The fourth-order valence-corrected chi connectivity index (χ4v) is 2.56. The van der Waals surface area contributed by atoms with Crippen molar-refractivity contribution in [2.45, 2.75) is 51.7 Å². The van der Waals surface area contributed by atoms with Gasteiger partial charge in [0, 0.05) is 12.6 Å². The molecule has 0 radical (unpaired) electrons. The third-order valence-corrected chi connectivity index (χ3v) is 3.67. The zero-order chi connectivity index (χ0) is 14.0. The van der Waals surface area contributed by atoms with Crippen molar-refractivity contribution >= 4 is 5.91 Å². The van der Waals surface area contributed by atoms with Gasteiger partial charge in [-0.3, -0.25) is 4.79 Å². The van der Waals surface area contributed by atoms with E-state index in [0.717, 1.165) is 11.3 Å². The van der Waals surface area contributed by atoms with Crippen LogP contribution in [0.3, 0.4) is 0 Å². The number of halogens is 3. The van der Waals surface area contributed by atoms with E-state index in [1.165, 1.54) is 0 Å². The standard InChI is InChI=1S/C12H21F3N2O/c1-3-7-17(8-12(13,14)15)10(18)11(2)6-4-5-9(11)16/h9H,3-8,16H2,1-2H3. The minimum absolute atomic E-state index is 0.126. The van der Waals surface area contributed by atoms with Crippen LogP contribution in [0.1, 0.15) is 39.5 Å². The lowest BCUT2D eigenvalue weighted by Crippen LogP contribution is -2.51. The number of hydrogen-bond donors (Lipinski definition) is 1. The Hall–Kier alpha value is -0.780. The highest BCUT2D eigenvalue weighted by atomic mass is 19.4. The second kappa shape index (κ2) is 5.47. The Kier molecular flexibility index (Phi) is 4.64. The molecular weight excluding hydrogens is 245 g/mol. The molecule has 2 unspecified atom stereocenters. The van der Waals surface area contributed by atoms with Crippen molar-refractivity contribution in [1.82, 2.24) is 4.90 Å². The van der Waals surface area contributed by atoms with Crippen LogP contribution in [0, 0.1) is 5.41 Å². The van der Waals surface area contributed by atoms with E-state index in [1.807, 2.05) is 0 Å². The number of rotatable bonds is 4. The van der Waals surface area contributed by atoms with Gasteiger partial charge in [-0.25, -0.2) is 0 Å². The minimum Gasteiger partial charge on any atom is -0.333 e. The normalized spacial score (nSPS) is 28.4. The van der Waals surface area contributed by atoms with Gasteiger partial charge < -0.3 is 10.6 Å². The monoisotopic (exact) mass is 266 g/mol. The molecule has 2 atom stereocenters. The minimum atomic E-state index is -4.36. The van der Waals surface area contributed by atoms with Crippen LogP contribution in [0.4, 0.5) is 13.2 Å². The van der Waals surface area contributed by atoms with Gasteiger partial charge in [-0.2, -0.15) is 13.2 Å². The smallest absolute Gasteiger partial charge is 0.333 e. The molecule has 3 nitrogen and oxygen atoms in total. The molecule has 0 aliphatic heterocycles. The van der Waals surface area contributed by atoms with Gasteiger partial charge in [0.25, 0.3) is 0 Å². The molecule has 0 aromatic carbocycles. The number of hydrogen-bond acceptors (Lipinski definition) is 2. The molecule has 18 heavy (non-hydrogen) atoms. The van der Waals surface area contributed by atoms with Crippen molar-refractivity contribution in [3.05, 3.63) is 0 Å². The first-order valence-electron chi connectivity index (χ1n) is 6.32. The first kappa shape index (κ1) is 15.3. The summed E-state index contributed by atoms with van der Waals surface area (Å²) in [7, 11) is 0. The number of amides is 1. The Labute approximate surface area is 106 Å². The van der Waals surface area contributed by atoms with E-state index in [9.17, 15) is 18.0 Å².